The topological polar surface area (TPSA) is 125 Å². The van der Waals surface area contributed by atoms with E-state index in [1.807, 2.05) is 23.1 Å². The first-order chi connectivity index (χ1) is 24.2. The molecule has 3 unspecified atom stereocenters. The number of hydrogen-bond donors (Lipinski definition) is 0. The van der Waals surface area contributed by atoms with E-state index in [2.05, 4.69) is 29.7 Å². The normalized spacial score (nSPS) is 20.8. The zero-order chi connectivity index (χ0) is 36.5. The van der Waals surface area contributed by atoms with Crippen molar-refractivity contribution in [2.24, 2.45) is 11.8 Å². The number of fused-ring (bicyclic) bond motifs is 1. The molecule has 15 heteroatoms. The summed E-state index contributed by atoms with van der Waals surface area (Å²) in [5, 5.41) is 13.1. The predicted octanol–water partition coefficient (Wildman–Crippen LogP) is 5.24. The van der Waals surface area contributed by atoms with Crippen LogP contribution in [0.1, 0.15) is 47.6 Å². The molecule has 1 aliphatic carbocycles. The fourth-order valence-electron chi connectivity index (χ4n) is 7.32. The number of carbonyl (C=O) groups excluding carboxylic acids is 2. The van der Waals surface area contributed by atoms with Crippen LogP contribution in [0.25, 0.3) is 0 Å². The molecule has 1 amide bonds. The molecule has 11 nitrogen and oxygen atoms in total. The largest absolute Gasteiger partial charge is 0.423 e. The van der Waals surface area contributed by atoms with Crippen molar-refractivity contribution in [2.75, 3.05) is 42.6 Å². The fraction of sp³-hybridized carbons (Fsp3) is 0.500. The molecular formula is C36H42F3N7O4Si. The highest BCUT2D eigenvalue weighted by Gasteiger charge is 2.48. The van der Waals surface area contributed by atoms with Crippen molar-refractivity contribution in [3.05, 3.63) is 81.4 Å². The van der Waals surface area contributed by atoms with Crippen LogP contribution in [0.5, 0.6) is 0 Å². The lowest BCUT2D eigenvalue weighted by Crippen LogP contribution is -2.49. The number of aromatic nitrogens is 3. The van der Waals surface area contributed by atoms with E-state index >= 15 is 0 Å². The number of pyridine rings is 1. The van der Waals surface area contributed by atoms with E-state index in [1.165, 1.54) is 11.1 Å². The molecule has 3 aliphatic rings. The first-order valence-corrected chi connectivity index (χ1v) is 21.0. The highest BCUT2D eigenvalue weighted by Crippen LogP contribution is 2.49. The second-order valence-electron chi connectivity index (χ2n) is 14.7. The number of rotatable bonds is 10. The molecular weight excluding hydrogens is 680 g/mol. The van der Waals surface area contributed by atoms with Crippen molar-refractivity contribution in [1.29, 1.82) is 5.26 Å². The highest BCUT2D eigenvalue weighted by atomic mass is 28.3. The summed E-state index contributed by atoms with van der Waals surface area (Å²) in [6, 6.07) is 12.8. The minimum absolute atomic E-state index is 0.0297. The van der Waals surface area contributed by atoms with Crippen LogP contribution in [0, 0.1) is 23.2 Å². The number of halogens is 3. The van der Waals surface area contributed by atoms with Gasteiger partial charge in [-0.2, -0.15) is 23.5 Å². The zero-order valence-corrected chi connectivity index (χ0v) is 30.0. The summed E-state index contributed by atoms with van der Waals surface area (Å²) in [6.07, 6.45) is -1.53. The predicted molar refractivity (Wildman–Crippen MR) is 187 cm³/mol. The molecule has 0 N–H and O–H groups in total. The summed E-state index contributed by atoms with van der Waals surface area (Å²) in [4.78, 5) is 50.4. The molecule has 2 aromatic heterocycles. The van der Waals surface area contributed by atoms with Crippen LogP contribution in [0.3, 0.4) is 0 Å². The molecule has 270 valence electrons. The Bertz CT molecular complexity index is 1860. The van der Waals surface area contributed by atoms with Crippen molar-refractivity contribution in [2.45, 2.75) is 70.4 Å². The van der Waals surface area contributed by atoms with Gasteiger partial charge in [0.05, 0.1) is 23.5 Å². The maximum Gasteiger partial charge on any atom is 0.423 e. The van der Waals surface area contributed by atoms with Gasteiger partial charge in [0.25, 0.3) is 5.56 Å². The van der Waals surface area contributed by atoms with Gasteiger partial charge in [0.1, 0.15) is 30.0 Å². The van der Waals surface area contributed by atoms with Crippen LogP contribution < -0.4 is 15.4 Å². The standard InChI is InChI=1S/C36H42F3N7O4Si/c1-51(2,3)17-16-50-23-46-35(49)32(36(37,38)39)29(21-42-46)45-22-26-6-4-5-7-27(26)33(45)28-10-9-25(34(28)48)18-31(47)44-14-12-43(13-15-44)30-11-8-24(19-40)20-41-30/h4-8,11,20-21,25,28,33H,9-10,12-18,22-23H2,1-3H3. The van der Waals surface area contributed by atoms with E-state index in [9.17, 15) is 27.6 Å². The molecule has 0 bridgehead atoms. The number of nitriles is 1. The number of ether oxygens (including phenoxy) is 1. The van der Waals surface area contributed by atoms with Crippen LogP contribution in [0.4, 0.5) is 24.7 Å². The molecule has 2 fully saturated rings. The average molecular weight is 722 g/mol. The van der Waals surface area contributed by atoms with E-state index in [-0.39, 0.29) is 30.3 Å². The molecule has 3 aromatic rings. The van der Waals surface area contributed by atoms with Gasteiger partial charge in [-0.05, 0) is 42.1 Å². The number of ketones is 1. The quantitative estimate of drug-likeness (QED) is 0.204. The van der Waals surface area contributed by atoms with E-state index in [0.717, 1.165) is 29.2 Å². The lowest BCUT2D eigenvalue weighted by atomic mass is 9.88. The third-order valence-electron chi connectivity index (χ3n) is 10.1. The van der Waals surface area contributed by atoms with Crippen LogP contribution in [-0.4, -0.2) is 72.2 Å². The van der Waals surface area contributed by atoms with Crippen molar-refractivity contribution in [3.63, 3.8) is 0 Å². The maximum atomic E-state index is 14.7. The van der Waals surface area contributed by atoms with Gasteiger partial charge in [0.2, 0.25) is 5.91 Å². The van der Waals surface area contributed by atoms with Crippen molar-refractivity contribution < 1.29 is 27.5 Å². The molecule has 0 spiro atoms. The number of benzene rings is 1. The number of piperazine rings is 1. The number of hydrogen-bond acceptors (Lipinski definition) is 9. The number of carbonyl (C=O) groups is 2. The average Bonchev–Trinajstić information content (AvgIpc) is 3.65. The van der Waals surface area contributed by atoms with Crippen molar-refractivity contribution in [1.82, 2.24) is 19.7 Å². The van der Waals surface area contributed by atoms with Crippen LogP contribution >= 0.6 is 0 Å². The second-order valence-corrected chi connectivity index (χ2v) is 20.3. The minimum Gasteiger partial charge on any atom is -0.359 e. The smallest absolute Gasteiger partial charge is 0.359 e. The Balaban J connectivity index is 1.18. The molecule has 51 heavy (non-hydrogen) atoms. The van der Waals surface area contributed by atoms with E-state index in [1.54, 1.807) is 29.2 Å². The summed E-state index contributed by atoms with van der Waals surface area (Å²) in [5.74, 6) is -0.787. The number of Topliss-reactive ketones (excluding diaryl/α,β-unsaturated/α-hetero) is 1. The van der Waals surface area contributed by atoms with Gasteiger partial charge in [0, 0.05) is 71.9 Å². The maximum absolute atomic E-state index is 14.7. The van der Waals surface area contributed by atoms with Gasteiger partial charge < -0.3 is 19.4 Å². The lowest BCUT2D eigenvalue weighted by molar-refractivity contribution is -0.139. The van der Waals surface area contributed by atoms with E-state index in [4.69, 9.17) is 10.00 Å². The Labute approximate surface area is 295 Å². The number of nitrogens with zero attached hydrogens (tertiary/aromatic N) is 7. The van der Waals surface area contributed by atoms with E-state index < -0.39 is 50.0 Å². The van der Waals surface area contributed by atoms with Crippen LogP contribution in [0.2, 0.25) is 25.7 Å². The molecule has 1 saturated heterocycles. The molecule has 3 atom stereocenters. The lowest BCUT2D eigenvalue weighted by Gasteiger charge is -2.36. The molecule has 6 rings (SSSR count). The number of amides is 1. The van der Waals surface area contributed by atoms with E-state index in [0.29, 0.717) is 55.9 Å². The summed E-state index contributed by atoms with van der Waals surface area (Å²) in [5.41, 5.74) is -1.02. The van der Waals surface area contributed by atoms with Gasteiger partial charge in [-0.1, -0.05) is 43.9 Å². The fourth-order valence-corrected chi connectivity index (χ4v) is 8.08. The van der Waals surface area contributed by atoms with Gasteiger partial charge in [0.15, 0.2) is 0 Å². The minimum atomic E-state index is -4.98. The summed E-state index contributed by atoms with van der Waals surface area (Å²) < 4.78 is 50.4. The molecule has 1 saturated carbocycles. The van der Waals surface area contributed by atoms with Gasteiger partial charge in [-0.15, -0.1) is 0 Å². The Kier molecular flexibility index (Phi) is 10.4. The Morgan fingerprint density at radius 2 is 1.78 bits per heavy atom. The Hall–Kier alpha value is -4.55. The second kappa shape index (κ2) is 14.6. The first kappa shape index (κ1) is 36.2. The van der Waals surface area contributed by atoms with Gasteiger partial charge in [-0.25, -0.2) is 9.67 Å². The Morgan fingerprint density at radius 1 is 1.04 bits per heavy atom. The van der Waals surface area contributed by atoms with Gasteiger partial charge in [-0.3, -0.25) is 14.4 Å². The Morgan fingerprint density at radius 3 is 2.45 bits per heavy atom. The third-order valence-corrected chi connectivity index (χ3v) is 11.8. The zero-order valence-electron chi connectivity index (χ0n) is 29.0. The van der Waals surface area contributed by atoms with Crippen molar-refractivity contribution in [3.8, 4) is 6.07 Å². The highest BCUT2D eigenvalue weighted by molar-refractivity contribution is 6.76. The van der Waals surface area contributed by atoms with Gasteiger partial charge >= 0.3 is 6.18 Å². The molecule has 1 aromatic carbocycles. The molecule has 2 aliphatic heterocycles. The van der Waals surface area contributed by atoms with Crippen molar-refractivity contribution >= 4 is 31.3 Å². The summed E-state index contributed by atoms with van der Waals surface area (Å²) in [6.45, 7) is 8.47. The monoisotopic (exact) mass is 721 g/mol. The summed E-state index contributed by atoms with van der Waals surface area (Å²) >= 11 is 0. The van der Waals surface area contributed by atoms with Crippen LogP contribution in [0.15, 0.2) is 53.6 Å². The number of anilines is 2. The first-order valence-electron chi connectivity index (χ1n) is 17.3. The third kappa shape index (κ3) is 7.86. The summed E-state index contributed by atoms with van der Waals surface area (Å²) in [7, 11) is -1.45. The van der Waals surface area contributed by atoms with Crippen LogP contribution in [-0.2, 0) is 33.8 Å². The molecule has 4 heterocycles. The number of alkyl halides is 3. The SMILES string of the molecule is C[Si](C)(C)CCOCn1ncc(N2Cc3ccccc3C2C2CCC(CC(=O)N3CCN(c4ccc(C#N)cn4)CC3)C2=O)c(C(F)(F)F)c1=O. The molecule has 0 radical (unpaired) electrons.